The number of anilines is 1. The number of nitrogens with two attached hydrogens (primary N) is 1. The predicted octanol–water partition coefficient (Wildman–Crippen LogP) is 0.730. The number of nitrogens with zero attached hydrogens (tertiary/aromatic N) is 4. The average molecular weight is 265 g/mol. The van der Waals surface area contributed by atoms with Crippen LogP contribution in [0.1, 0.15) is 10.4 Å². The van der Waals surface area contributed by atoms with Gasteiger partial charge in [0.2, 0.25) is 0 Å². The van der Waals surface area contributed by atoms with Crippen molar-refractivity contribution in [2.75, 3.05) is 12.8 Å². The fourth-order valence-corrected chi connectivity index (χ4v) is 2.07. The third-order valence-electron chi connectivity index (χ3n) is 2.22. The average Bonchev–Trinajstić information content (AvgIpc) is 2.77. The zero-order chi connectivity index (χ0) is 13.1. The summed E-state index contributed by atoms with van der Waals surface area (Å²) in [7, 11) is 3.06. The summed E-state index contributed by atoms with van der Waals surface area (Å²) in [6.45, 7) is 0. The van der Waals surface area contributed by atoms with E-state index in [1.807, 2.05) is 0 Å². The van der Waals surface area contributed by atoms with Crippen LogP contribution in [0.15, 0.2) is 28.8 Å². The molecule has 94 valence electrons. The summed E-state index contributed by atoms with van der Waals surface area (Å²) < 4.78 is 6.24. The van der Waals surface area contributed by atoms with Crippen molar-refractivity contribution >= 4 is 23.4 Å². The summed E-state index contributed by atoms with van der Waals surface area (Å²) >= 11 is 1.24. The number of aryl methyl sites for hydroxylation is 1. The molecule has 0 amide bonds. The van der Waals surface area contributed by atoms with Gasteiger partial charge in [-0.2, -0.15) is 5.10 Å². The number of aromatic nitrogens is 4. The normalized spacial score (nSPS) is 10.3. The molecule has 0 atom stereocenters. The van der Waals surface area contributed by atoms with Gasteiger partial charge < -0.3 is 10.5 Å². The van der Waals surface area contributed by atoms with Crippen molar-refractivity contribution in [3.8, 4) is 0 Å². The van der Waals surface area contributed by atoms with Gasteiger partial charge in [0, 0.05) is 13.2 Å². The molecule has 2 heterocycles. The Morgan fingerprint density at radius 2 is 2.28 bits per heavy atom. The van der Waals surface area contributed by atoms with E-state index in [1.54, 1.807) is 11.7 Å². The Bertz CT molecular complexity index is 583. The van der Waals surface area contributed by atoms with Crippen molar-refractivity contribution in [1.82, 2.24) is 19.7 Å². The van der Waals surface area contributed by atoms with Gasteiger partial charge in [0.05, 0.1) is 18.4 Å². The number of rotatable bonds is 3. The molecule has 2 rings (SSSR count). The Labute approximate surface area is 107 Å². The summed E-state index contributed by atoms with van der Waals surface area (Å²) in [4.78, 5) is 19.7. The van der Waals surface area contributed by atoms with Gasteiger partial charge in [0.1, 0.15) is 11.4 Å². The second-order valence-electron chi connectivity index (χ2n) is 3.34. The van der Waals surface area contributed by atoms with Crippen LogP contribution >= 0.6 is 11.8 Å². The highest BCUT2D eigenvalue weighted by molar-refractivity contribution is 7.99. The summed E-state index contributed by atoms with van der Waals surface area (Å²) in [5.41, 5.74) is 6.45. The molecule has 2 aromatic rings. The molecule has 0 aliphatic rings. The third-order valence-corrected chi connectivity index (χ3v) is 3.29. The number of pyridine rings is 1. The summed E-state index contributed by atoms with van der Waals surface area (Å²) in [6, 6.07) is 1.52. The van der Waals surface area contributed by atoms with Gasteiger partial charge in [-0.05, 0) is 17.8 Å². The van der Waals surface area contributed by atoms with Gasteiger partial charge in [-0.15, -0.1) is 0 Å². The molecule has 0 bridgehead atoms. The molecule has 0 radical (unpaired) electrons. The Morgan fingerprint density at radius 3 is 2.89 bits per heavy atom. The molecule has 0 saturated carbocycles. The predicted molar refractivity (Wildman–Crippen MR) is 65.1 cm³/mol. The summed E-state index contributed by atoms with van der Waals surface area (Å²) in [6.07, 6.45) is 2.93. The standard InChI is InChI=1S/C10H11N5O2S/c1-15-10(13-5-14-15)18-8-7(11)6(3-4-12-8)9(16)17-2/h3-5H,11H2,1-2H3. The fourth-order valence-electron chi connectivity index (χ4n) is 1.29. The Hall–Kier alpha value is -2.09. The molecule has 2 N–H and O–H groups in total. The molecular weight excluding hydrogens is 254 g/mol. The van der Waals surface area contributed by atoms with Crippen molar-refractivity contribution in [2.45, 2.75) is 10.2 Å². The van der Waals surface area contributed by atoms with Crippen LogP contribution in [0.5, 0.6) is 0 Å². The van der Waals surface area contributed by atoms with Crippen molar-refractivity contribution in [3.05, 3.63) is 24.2 Å². The first kappa shape index (κ1) is 12.4. The molecule has 7 nitrogen and oxygen atoms in total. The maximum Gasteiger partial charge on any atom is 0.340 e. The van der Waals surface area contributed by atoms with Crippen molar-refractivity contribution < 1.29 is 9.53 Å². The van der Waals surface area contributed by atoms with Gasteiger partial charge in [0.25, 0.3) is 0 Å². The van der Waals surface area contributed by atoms with Crippen LogP contribution in [-0.4, -0.2) is 32.8 Å². The van der Waals surface area contributed by atoms with Crippen molar-refractivity contribution in [2.24, 2.45) is 7.05 Å². The fraction of sp³-hybridized carbons (Fsp3) is 0.200. The zero-order valence-corrected chi connectivity index (χ0v) is 10.6. The number of esters is 1. The monoisotopic (exact) mass is 265 g/mol. The Kier molecular flexibility index (Phi) is 3.47. The van der Waals surface area contributed by atoms with Crippen molar-refractivity contribution in [1.29, 1.82) is 0 Å². The van der Waals surface area contributed by atoms with E-state index in [0.29, 0.717) is 10.2 Å². The minimum absolute atomic E-state index is 0.275. The molecule has 18 heavy (non-hydrogen) atoms. The van der Waals surface area contributed by atoms with Crippen LogP contribution in [0, 0.1) is 0 Å². The Morgan fingerprint density at radius 1 is 1.50 bits per heavy atom. The minimum atomic E-state index is -0.491. The van der Waals surface area contributed by atoms with Crippen molar-refractivity contribution in [3.63, 3.8) is 0 Å². The van der Waals surface area contributed by atoms with Gasteiger partial charge in [-0.3, -0.25) is 0 Å². The molecule has 0 aliphatic heterocycles. The molecule has 0 aliphatic carbocycles. The number of hydrogen-bond acceptors (Lipinski definition) is 7. The molecule has 0 spiro atoms. The lowest BCUT2D eigenvalue weighted by molar-refractivity contribution is 0.0601. The summed E-state index contributed by atoms with van der Waals surface area (Å²) in [5, 5.41) is 5.07. The van der Waals surface area contributed by atoms with Crippen LogP contribution in [0.25, 0.3) is 0 Å². The lowest BCUT2D eigenvalue weighted by atomic mass is 10.2. The zero-order valence-electron chi connectivity index (χ0n) is 9.82. The first-order valence-corrected chi connectivity index (χ1v) is 5.79. The van der Waals surface area contributed by atoms with E-state index in [0.717, 1.165) is 0 Å². The molecule has 2 aromatic heterocycles. The molecule has 0 saturated heterocycles. The maximum atomic E-state index is 11.5. The van der Waals surface area contributed by atoms with Crippen LogP contribution in [0.3, 0.4) is 0 Å². The Balaban J connectivity index is 2.35. The van der Waals surface area contributed by atoms with E-state index in [2.05, 4.69) is 19.8 Å². The molecule has 0 unspecified atom stereocenters. The molecule has 0 aromatic carbocycles. The molecular formula is C10H11N5O2S. The van der Waals surface area contributed by atoms with Gasteiger partial charge in [0.15, 0.2) is 5.16 Å². The van der Waals surface area contributed by atoms with Gasteiger partial charge in [-0.25, -0.2) is 19.4 Å². The quantitative estimate of drug-likeness (QED) is 0.817. The third kappa shape index (κ3) is 2.28. The number of hydrogen-bond donors (Lipinski definition) is 1. The second-order valence-corrected chi connectivity index (χ2v) is 4.29. The number of carbonyl (C=O) groups excluding carboxylic acids is 1. The van der Waals surface area contributed by atoms with E-state index in [1.165, 1.54) is 37.5 Å². The van der Waals surface area contributed by atoms with Crippen LogP contribution in [0.2, 0.25) is 0 Å². The SMILES string of the molecule is COC(=O)c1ccnc(Sc2ncnn2C)c1N. The molecule has 0 fully saturated rings. The maximum absolute atomic E-state index is 11.5. The van der Waals surface area contributed by atoms with E-state index in [4.69, 9.17) is 5.73 Å². The highest BCUT2D eigenvalue weighted by Gasteiger charge is 2.16. The van der Waals surface area contributed by atoms with Crippen LogP contribution in [-0.2, 0) is 11.8 Å². The first-order chi connectivity index (χ1) is 8.63. The number of ether oxygens (including phenoxy) is 1. The van der Waals surface area contributed by atoms with Gasteiger partial charge >= 0.3 is 5.97 Å². The highest BCUT2D eigenvalue weighted by Crippen LogP contribution is 2.30. The largest absolute Gasteiger partial charge is 0.465 e. The smallest absolute Gasteiger partial charge is 0.340 e. The second kappa shape index (κ2) is 5.05. The molecule has 8 heteroatoms. The van der Waals surface area contributed by atoms with E-state index < -0.39 is 5.97 Å². The van der Waals surface area contributed by atoms with E-state index in [-0.39, 0.29) is 11.3 Å². The van der Waals surface area contributed by atoms with E-state index >= 15 is 0 Å². The van der Waals surface area contributed by atoms with Crippen LogP contribution in [0.4, 0.5) is 5.69 Å². The highest BCUT2D eigenvalue weighted by atomic mass is 32.2. The van der Waals surface area contributed by atoms with Crippen LogP contribution < -0.4 is 5.73 Å². The minimum Gasteiger partial charge on any atom is -0.465 e. The van der Waals surface area contributed by atoms with E-state index in [9.17, 15) is 4.79 Å². The van der Waals surface area contributed by atoms with Gasteiger partial charge in [-0.1, -0.05) is 0 Å². The summed E-state index contributed by atoms with van der Waals surface area (Å²) in [5.74, 6) is -0.491. The number of nitrogen functional groups attached to an aromatic ring is 1. The lowest BCUT2D eigenvalue weighted by Crippen LogP contribution is -2.07. The number of methoxy groups -OCH3 is 1. The first-order valence-electron chi connectivity index (χ1n) is 4.98. The number of carbonyl (C=O) groups is 1. The topological polar surface area (TPSA) is 95.9 Å². The lowest BCUT2D eigenvalue weighted by Gasteiger charge is -2.07.